The molecule has 2 nitrogen and oxygen atoms in total. The molecule has 0 saturated carbocycles. The van der Waals surface area contributed by atoms with Crippen molar-refractivity contribution < 1.29 is 9.53 Å². The van der Waals surface area contributed by atoms with Crippen molar-refractivity contribution >= 4 is 5.97 Å². The summed E-state index contributed by atoms with van der Waals surface area (Å²) < 4.78 is 4.90. The zero-order valence-corrected chi connectivity index (χ0v) is 7.80. The van der Waals surface area contributed by atoms with Gasteiger partial charge in [-0.05, 0) is 12.3 Å². The number of esters is 1. The van der Waals surface area contributed by atoms with Crippen molar-refractivity contribution in [3.05, 3.63) is 24.8 Å². The molecule has 0 bridgehead atoms. The lowest BCUT2D eigenvalue weighted by atomic mass is 10.1. The van der Waals surface area contributed by atoms with Gasteiger partial charge in [-0.2, -0.15) is 0 Å². The summed E-state index contributed by atoms with van der Waals surface area (Å²) in [7, 11) is 0. The van der Waals surface area contributed by atoms with Gasteiger partial charge in [0.25, 0.3) is 0 Å². The van der Waals surface area contributed by atoms with Crippen molar-refractivity contribution in [3.8, 4) is 0 Å². The van der Waals surface area contributed by atoms with Crippen LogP contribution in [0.2, 0.25) is 0 Å². The highest BCUT2D eigenvalue weighted by molar-refractivity contribution is 5.90. The zero-order valence-electron chi connectivity index (χ0n) is 7.80. The highest BCUT2D eigenvalue weighted by atomic mass is 16.5. The molecule has 0 radical (unpaired) electrons. The predicted molar refractivity (Wildman–Crippen MR) is 49.8 cm³/mol. The second-order valence-electron chi connectivity index (χ2n) is 3.05. The molecule has 0 aliphatic rings. The van der Waals surface area contributed by atoms with E-state index >= 15 is 0 Å². The van der Waals surface area contributed by atoms with Crippen LogP contribution in [-0.2, 0) is 9.53 Å². The van der Waals surface area contributed by atoms with E-state index in [1.165, 1.54) is 6.08 Å². The van der Waals surface area contributed by atoms with Crippen LogP contribution >= 0.6 is 0 Å². The smallest absolute Gasteiger partial charge is 0.337 e. The third-order valence-corrected chi connectivity index (χ3v) is 1.44. The van der Waals surface area contributed by atoms with Gasteiger partial charge < -0.3 is 4.74 Å². The number of hydrogen-bond donors (Lipinski definition) is 0. The van der Waals surface area contributed by atoms with E-state index in [1.54, 1.807) is 0 Å². The SMILES string of the molecule is C=CC(=C)C(=O)OCCC(C)C. The Morgan fingerprint density at radius 3 is 2.58 bits per heavy atom. The number of rotatable bonds is 5. The van der Waals surface area contributed by atoms with Crippen molar-refractivity contribution in [2.24, 2.45) is 5.92 Å². The second kappa shape index (κ2) is 5.58. The second-order valence-corrected chi connectivity index (χ2v) is 3.05. The molecule has 0 rings (SSSR count). The first kappa shape index (κ1) is 11.0. The van der Waals surface area contributed by atoms with Crippen LogP contribution in [0.4, 0.5) is 0 Å². The maximum atomic E-state index is 11.0. The van der Waals surface area contributed by atoms with Crippen LogP contribution in [0.3, 0.4) is 0 Å². The van der Waals surface area contributed by atoms with E-state index in [2.05, 4.69) is 27.0 Å². The van der Waals surface area contributed by atoms with E-state index < -0.39 is 0 Å². The molecule has 0 aromatic rings. The van der Waals surface area contributed by atoms with E-state index in [9.17, 15) is 4.79 Å². The molecule has 68 valence electrons. The van der Waals surface area contributed by atoms with E-state index in [4.69, 9.17) is 4.74 Å². The van der Waals surface area contributed by atoms with Crippen molar-refractivity contribution in [3.63, 3.8) is 0 Å². The summed E-state index contributed by atoms with van der Waals surface area (Å²) in [6, 6.07) is 0. The molecular weight excluding hydrogens is 152 g/mol. The van der Waals surface area contributed by atoms with Crippen LogP contribution in [-0.4, -0.2) is 12.6 Å². The number of hydrogen-bond acceptors (Lipinski definition) is 2. The molecule has 0 N–H and O–H groups in total. The van der Waals surface area contributed by atoms with Crippen molar-refractivity contribution in [2.45, 2.75) is 20.3 Å². The third-order valence-electron chi connectivity index (χ3n) is 1.44. The maximum absolute atomic E-state index is 11.0. The van der Waals surface area contributed by atoms with Gasteiger partial charge in [-0.1, -0.05) is 33.1 Å². The molecule has 0 spiro atoms. The van der Waals surface area contributed by atoms with Crippen LogP contribution in [0.25, 0.3) is 0 Å². The number of carbonyl (C=O) groups is 1. The van der Waals surface area contributed by atoms with E-state index in [-0.39, 0.29) is 5.97 Å². The van der Waals surface area contributed by atoms with Gasteiger partial charge in [0.15, 0.2) is 0 Å². The summed E-state index contributed by atoms with van der Waals surface area (Å²) >= 11 is 0. The Bertz CT molecular complexity index is 180. The third kappa shape index (κ3) is 4.72. The lowest BCUT2D eigenvalue weighted by Gasteiger charge is -2.05. The van der Waals surface area contributed by atoms with Gasteiger partial charge in [0, 0.05) is 0 Å². The Morgan fingerprint density at radius 2 is 2.17 bits per heavy atom. The Morgan fingerprint density at radius 1 is 1.58 bits per heavy atom. The molecule has 0 heterocycles. The fraction of sp³-hybridized carbons (Fsp3) is 0.500. The summed E-state index contributed by atoms with van der Waals surface area (Å²) in [5.74, 6) is 0.181. The topological polar surface area (TPSA) is 26.3 Å². The molecular formula is C10H16O2. The molecule has 0 atom stereocenters. The van der Waals surface area contributed by atoms with E-state index in [0.29, 0.717) is 18.1 Å². The normalized spacial score (nSPS) is 9.58. The van der Waals surface area contributed by atoms with Gasteiger partial charge in [-0.15, -0.1) is 0 Å². The average molecular weight is 168 g/mol. The van der Waals surface area contributed by atoms with Gasteiger partial charge in [0.05, 0.1) is 12.2 Å². The zero-order chi connectivity index (χ0) is 9.56. The summed E-state index contributed by atoms with van der Waals surface area (Å²) in [5.41, 5.74) is 0.318. The van der Waals surface area contributed by atoms with Crippen LogP contribution in [0, 0.1) is 5.92 Å². The summed E-state index contributed by atoms with van der Waals surface area (Å²) in [5, 5.41) is 0. The monoisotopic (exact) mass is 168 g/mol. The predicted octanol–water partition coefficient (Wildman–Crippen LogP) is 2.32. The van der Waals surface area contributed by atoms with Gasteiger partial charge in [-0.3, -0.25) is 0 Å². The Hall–Kier alpha value is -1.05. The minimum Gasteiger partial charge on any atom is -0.462 e. The summed E-state index contributed by atoms with van der Waals surface area (Å²) in [6.45, 7) is 11.5. The molecule has 0 unspecified atom stereocenters. The summed E-state index contributed by atoms with van der Waals surface area (Å²) in [6.07, 6.45) is 2.29. The van der Waals surface area contributed by atoms with Crippen LogP contribution in [0.5, 0.6) is 0 Å². The molecule has 0 aliphatic heterocycles. The van der Waals surface area contributed by atoms with Crippen molar-refractivity contribution in [1.82, 2.24) is 0 Å². The first-order chi connectivity index (χ1) is 5.57. The first-order valence-electron chi connectivity index (χ1n) is 4.06. The average Bonchev–Trinajstić information content (AvgIpc) is 2.02. The van der Waals surface area contributed by atoms with Crippen LogP contribution in [0.15, 0.2) is 24.8 Å². The van der Waals surface area contributed by atoms with Crippen LogP contribution < -0.4 is 0 Å². The molecule has 0 aliphatic carbocycles. The highest BCUT2D eigenvalue weighted by Crippen LogP contribution is 2.01. The molecule has 0 aromatic carbocycles. The number of ether oxygens (including phenoxy) is 1. The van der Waals surface area contributed by atoms with Gasteiger partial charge >= 0.3 is 5.97 Å². The van der Waals surface area contributed by atoms with E-state index in [1.807, 2.05) is 0 Å². The van der Waals surface area contributed by atoms with Gasteiger partial charge in [0.1, 0.15) is 0 Å². The number of carbonyl (C=O) groups excluding carboxylic acids is 1. The minimum atomic E-state index is -0.370. The van der Waals surface area contributed by atoms with Gasteiger partial charge in [0.2, 0.25) is 0 Å². The quantitative estimate of drug-likeness (QED) is 0.358. The highest BCUT2D eigenvalue weighted by Gasteiger charge is 2.04. The lowest BCUT2D eigenvalue weighted by molar-refractivity contribution is -0.138. The Kier molecular flexibility index (Phi) is 5.09. The van der Waals surface area contributed by atoms with E-state index in [0.717, 1.165) is 6.42 Å². The summed E-state index contributed by atoms with van der Waals surface area (Å²) in [4.78, 5) is 11.0. The molecule has 12 heavy (non-hydrogen) atoms. The molecule has 2 heteroatoms. The Balaban J connectivity index is 3.58. The lowest BCUT2D eigenvalue weighted by Crippen LogP contribution is -2.08. The molecule has 0 fully saturated rings. The molecule has 0 aromatic heterocycles. The fourth-order valence-corrected chi connectivity index (χ4v) is 0.563. The standard InChI is InChI=1S/C10H16O2/c1-5-9(4)10(11)12-7-6-8(2)3/h5,8H,1,4,6-7H2,2-3H3. The molecule has 0 saturated heterocycles. The fourth-order valence-electron chi connectivity index (χ4n) is 0.563. The first-order valence-corrected chi connectivity index (χ1v) is 4.06. The van der Waals surface area contributed by atoms with Crippen molar-refractivity contribution in [1.29, 1.82) is 0 Å². The molecule has 0 amide bonds. The van der Waals surface area contributed by atoms with Crippen LogP contribution in [0.1, 0.15) is 20.3 Å². The van der Waals surface area contributed by atoms with Gasteiger partial charge in [-0.25, -0.2) is 4.79 Å². The maximum Gasteiger partial charge on any atom is 0.337 e. The largest absolute Gasteiger partial charge is 0.462 e. The minimum absolute atomic E-state index is 0.318. The Labute approximate surface area is 73.9 Å². The van der Waals surface area contributed by atoms with Crippen molar-refractivity contribution in [2.75, 3.05) is 6.61 Å².